The number of esters is 1. The summed E-state index contributed by atoms with van der Waals surface area (Å²) in [6.07, 6.45) is 1.91. The van der Waals surface area contributed by atoms with E-state index >= 15 is 0 Å². The van der Waals surface area contributed by atoms with E-state index in [-0.39, 0.29) is 37.4 Å². The third-order valence-corrected chi connectivity index (χ3v) is 7.48. The molecule has 216 valence electrons. The molecule has 2 amide bonds. The molecule has 0 saturated heterocycles. The summed E-state index contributed by atoms with van der Waals surface area (Å²) in [5.74, 6) is -1.89. The molecule has 1 N–H and O–H groups in total. The summed E-state index contributed by atoms with van der Waals surface area (Å²) in [5.41, 5.74) is 2.66. The highest BCUT2D eigenvalue weighted by molar-refractivity contribution is 5.96. The summed E-state index contributed by atoms with van der Waals surface area (Å²) < 4.78 is 19.3. The number of rotatable bonds is 13. The monoisotopic (exact) mass is 551 g/mol. The van der Waals surface area contributed by atoms with Gasteiger partial charge in [-0.05, 0) is 88.6 Å². The number of amides is 2. The molecule has 0 bridgehead atoms. The van der Waals surface area contributed by atoms with E-state index in [9.17, 15) is 18.8 Å². The molecule has 2 unspecified atom stereocenters. The molecule has 8 heteroatoms. The maximum atomic E-state index is 14.0. The van der Waals surface area contributed by atoms with Gasteiger partial charge in [-0.15, -0.1) is 0 Å². The number of nitrogens with zero attached hydrogens (tertiary/aromatic N) is 2. The first-order valence-electron chi connectivity index (χ1n) is 14.2. The fraction of sp³-hybridized carbons (Fsp3) is 0.469. The Morgan fingerprint density at radius 3 is 2.52 bits per heavy atom. The Kier molecular flexibility index (Phi) is 11.4. The first-order chi connectivity index (χ1) is 19.2. The summed E-state index contributed by atoms with van der Waals surface area (Å²) in [4.78, 5) is 43.2. The van der Waals surface area contributed by atoms with E-state index in [1.807, 2.05) is 13.0 Å². The third-order valence-electron chi connectivity index (χ3n) is 7.48. The Balaban J connectivity index is 1.77. The van der Waals surface area contributed by atoms with E-state index in [0.29, 0.717) is 22.4 Å². The lowest BCUT2D eigenvalue weighted by molar-refractivity contribution is -0.140. The van der Waals surface area contributed by atoms with Gasteiger partial charge in [-0.3, -0.25) is 9.59 Å². The van der Waals surface area contributed by atoms with E-state index in [2.05, 4.69) is 24.1 Å². The van der Waals surface area contributed by atoms with Gasteiger partial charge in [-0.1, -0.05) is 38.1 Å². The molecule has 1 aliphatic heterocycles. The first-order valence-corrected chi connectivity index (χ1v) is 14.2. The lowest BCUT2D eigenvalue weighted by atomic mass is 9.83. The van der Waals surface area contributed by atoms with Gasteiger partial charge in [0.05, 0.1) is 18.7 Å². The lowest BCUT2D eigenvalue weighted by Gasteiger charge is -2.34. The average Bonchev–Trinajstić information content (AvgIpc) is 2.93. The molecule has 2 aromatic carbocycles. The minimum atomic E-state index is -0.598. The number of halogens is 1. The molecule has 0 fully saturated rings. The van der Waals surface area contributed by atoms with E-state index in [1.54, 1.807) is 49.1 Å². The van der Waals surface area contributed by atoms with Crippen LogP contribution in [0, 0.1) is 5.82 Å². The van der Waals surface area contributed by atoms with Gasteiger partial charge in [0.25, 0.3) is 5.91 Å². The number of hydrogen-bond donors (Lipinski definition) is 1. The lowest BCUT2D eigenvalue weighted by Crippen LogP contribution is -2.38. The Morgan fingerprint density at radius 1 is 1.12 bits per heavy atom. The van der Waals surface area contributed by atoms with Crippen LogP contribution in [-0.2, 0) is 20.9 Å². The second-order valence-corrected chi connectivity index (χ2v) is 10.3. The molecule has 7 nitrogen and oxygen atoms in total. The largest absolute Gasteiger partial charge is 0.463 e. The highest BCUT2D eigenvalue weighted by Crippen LogP contribution is 2.38. The number of ether oxygens (including phenoxy) is 1. The molecule has 0 aliphatic carbocycles. The minimum absolute atomic E-state index is 0.0140. The van der Waals surface area contributed by atoms with Gasteiger partial charge in [-0.2, -0.15) is 0 Å². The summed E-state index contributed by atoms with van der Waals surface area (Å²) in [7, 11) is 0. The van der Waals surface area contributed by atoms with Crippen molar-refractivity contribution >= 4 is 17.8 Å². The molecule has 0 saturated carbocycles. The standard InChI is InChI=1S/C32H42FN3O4/c1-6-35(7-2)17-11-12-22(4)34-31(38)26-15-9-13-24(18-26)21-36-23(5)30(32(39)40-8-3)28(20-29(36)37)25-14-10-16-27(33)19-25/h9-10,13-16,18-19,22,28H,6-8,11-12,17,20-21H2,1-5H3,(H,34,38). The van der Waals surface area contributed by atoms with Gasteiger partial charge in [0.15, 0.2) is 0 Å². The van der Waals surface area contributed by atoms with Crippen molar-refractivity contribution < 1.29 is 23.5 Å². The molecular formula is C32H42FN3O4. The molecule has 1 aliphatic rings. The van der Waals surface area contributed by atoms with Crippen LogP contribution in [0.2, 0.25) is 0 Å². The molecule has 2 atom stereocenters. The van der Waals surface area contributed by atoms with E-state index in [4.69, 9.17) is 4.74 Å². The van der Waals surface area contributed by atoms with Gasteiger partial charge in [0, 0.05) is 29.6 Å². The number of carbonyl (C=O) groups excluding carboxylic acids is 3. The summed E-state index contributed by atoms with van der Waals surface area (Å²) in [5, 5.41) is 3.08. The van der Waals surface area contributed by atoms with Crippen molar-refractivity contribution in [3.05, 3.63) is 82.3 Å². The Labute approximate surface area is 237 Å². The van der Waals surface area contributed by atoms with Crippen LogP contribution >= 0.6 is 0 Å². The fourth-order valence-corrected chi connectivity index (χ4v) is 5.22. The quantitative estimate of drug-likeness (QED) is 0.337. The van der Waals surface area contributed by atoms with Gasteiger partial charge in [-0.25, -0.2) is 9.18 Å². The highest BCUT2D eigenvalue weighted by atomic mass is 19.1. The average molecular weight is 552 g/mol. The van der Waals surface area contributed by atoms with E-state index in [1.165, 1.54) is 12.1 Å². The fourth-order valence-electron chi connectivity index (χ4n) is 5.22. The zero-order chi connectivity index (χ0) is 29.2. The van der Waals surface area contributed by atoms with Crippen LogP contribution in [0.1, 0.15) is 81.3 Å². The first kappa shape index (κ1) is 31.0. The maximum absolute atomic E-state index is 14.0. The number of allylic oxidation sites excluding steroid dienone is 1. The molecule has 1 heterocycles. The normalized spacial score (nSPS) is 16.3. The number of hydrogen-bond acceptors (Lipinski definition) is 5. The molecule has 0 aromatic heterocycles. The number of benzene rings is 2. The second-order valence-electron chi connectivity index (χ2n) is 10.3. The topological polar surface area (TPSA) is 79.0 Å². The Bertz CT molecular complexity index is 1220. The predicted octanol–water partition coefficient (Wildman–Crippen LogP) is 5.42. The summed E-state index contributed by atoms with van der Waals surface area (Å²) >= 11 is 0. The van der Waals surface area contributed by atoms with Gasteiger partial charge in [0.1, 0.15) is 5.82 Å². The van der Waals surface area contributed by atoms with Crippen LogP contribution in [0.25, 0.3) is 0 Å². The van der Waals surface area contributed by atoms with Crippen molar-refractivity contribution in [2.75, 3.05) is 26.2 Å². The maximum Gasteiger partial charge on any atom is 0.336 e. The summed E-state index contributed by atoms with van der Waals surface area (Å²) in [6, 6.07) is 13.2. The van der Waals surface area contributed by atoms with Crippen molar-refractivity contribution in [1.82, 2.24) is 15.1 Å². The van der Waals surface area contributed by atoms with E-state index in [0.717, 1.165) is 38.0 Å². The molecule has 3 rings (SSSR count). The van der Waals surface area contributed by atoms with Crippen LogP contribution in [0.3, 0.4) is 0 Å². The molecule has 2 aromatic rings. The third kappa shape index (κ3) is 8.01. The minimum Gasteiger partial charge on any atom is -0.463 e. The van der Waals surface area contributed by atoms with Crippen LogP contribution in [-0.4, -0.2) is 59.9 Å². The molecule has 0 spiro atoms. The van der Waals surface area contributed by atoms with E-state index < -0.39 is 17.7 Å². The van der Waals surface area contributed by atoms with Crippen LogP contribution < -0.4 is 5.32 Å². The molecule has 40 heavy (non-hydrogen) atoms. The van der Waals surface area contributed by atoms with Crippen LogP contribution in [0.15, 0.2) is 59.8 Å². The molecule has 0 radical (unpaired) electrons. The molecular weight excluding hydrogens is 509 g/mol. The smallest absolute Gasteiger partial charge is 0.336 e. The van der Waals surface area contributed by atoms with Crippen molar-refractivity contribution in [2.24, 2.45) is 0 Å². The van der Waals surface area contributed by atoms with Crippen molar-refractivity contribution in [3.63, 3.8) is 0 Å². The zero-order valence-corrected chi connectivity index (χ0v) is 24.3. The van der Waals surface area contributed by atoms with Gasteiger partial charge < -0.3 is 19.9 Å². The highest BCUT2D eigenvalue weighted by Gasteiger charge is 2.37. The Hall–Kier alpha value is -3.52. The zero-order valence-electron chi connectivity index (χ0n) is 24.3. The van der Waals surface area contributed by atoms with Gasteiger partial charge in [0.2, 0.25) is 5.91 Å². The van der Waals surface area contributed by atoms with Gasteiger partial charge >= 0.3 is 5.97 Å². The summed E-state index contributed by atoms with van der Waals surface area (Å²) in [6.45, 7) is 13.2. The van der Waals surface area contributed by atoms with Crippen molar-refractivity contribution in [3.8, 4) is 0 Å². The van der Waals surface area contributed by atoms with Crippen molar-refractivity contribution in [1.29, 1.82) is 0 Å². The number of carbonyl (C=O) groups is 3. The van der Waals surface area contributed by atoms with Crippen molar-refractivity contribution in [2.45, 2.75) is 72.4 Å². The predicted molar refractivity (Wildman–Crippen MR) is 154 cm³/mol. The SMILES string of the molecule is CCOC(=O)C1=C(C)N(Cc2cccc(C(=O)NC(C)CCCN(CC)CC)c2)C(=O)CC1c1cccc(F)c1. The van der Waals surface area contributed by atoms with Crippen LogP contribution in [0.5, 0.6) is 0 Å². The van der Waals surface area contributed by atoms with Crippen LogP contribution in [0.4, 0.5) is 4.39 Å². The second kappa shape index (κ2) is 14.7. The Morgan fingerprint density at radius 2 is 1.85 bits per heavy atom. The number of nitrogens with one attached hydrogen (secondary N) is 1.